The summed E-state index contributed by atoms with van der Waals surface area (Å²) in [5, 5.41) is 2.71. The summed E-state index contributed by atoms with van der Waals surface area (Å²) < 4.78 is 13.0. The van der Waals surface area contributed by atoms with Gasteiger partial charge in [0.2, 0.25) is 0 Å². The summed E-state index contributed by atoms with van der Waals surface area (Å²) in [6.07, 6.45) is 0. The lowest BCUT2D eigenvalue weighted by molar-refractivity contribution is 0.102. The number of nitrogens with two attached hydrogens (primary N) is 1. The highest BCUT2D eigenvalue weighted by Crippen LogP contribution is 2.15. The molecule has 3 N–H and O–H groups in total. The Labute approximate surface area is 111 Å². The van der Waals surface area contributed by atoms with Crippen LogP contribution >= 0.6 is 0 Å². The third kappa shape index (κ3) is 3.39. The summed E-state index contributed by atoms with van der Waals surface area (Å²) in [6.45, 7) is 1.89. The highest BCUT2D eigenvalue weighted by atomic mass is 19.1. The second-order valence-electron chi connectivity index (χ2n) is 4.38. The van der Waals surface area contributed by atoms with Crippen LogP contribution in [0.25, 0.3) is 0 Å². The molecule has 1 atom stereocenters. The molecule has 0 saturated heterocycles. The van der Waals surface area contributed by atoms with Gasteiger partial charge in [-0.2, -0.15) is 0 Å². The minimum Gasteiger partial charge on any atom is -0.324 e. The number of anilines is 1. The molecule has 0 spiro atoms. The second-order valence-corrected chi connectivity index (χ2v) is 4.38. The molecule has 0 saturated carbocycles. The minimum atomic E-state index is -0.431. The average molecular weight is 258 g/mol. The monoisotopic (exact) mass is 258 g/mol. The molecular formula is C15H15FN2O. The van der Waals surface area contributed by atoms with Crippen molar-refractivity contribution in [2.24, 2.45) is 5.73 Å². The molecule has 3 nitrogen and oxygen atoms in total. The fraction of sp³-hybridized carbons (Fsp3) is 0.133. The van der Waals surface area contributed by atoms with Gasteiger partial charge in [0.1, 0.15) is 5.82 Å². The van der Waals surface area contributed by atoms with Gasteiger partial charge in [0.05, 0.1) is 0 Å². The van der Waals surface area contributed by atoms with E-state index >= 15 is 0 Å². The maximum atomic E-state index is 13.0. The quantitative estimate of drug-likeness (QED) is 0.888. The summed E-state index contributed by atoms with van der Waals surface area (Å²) in [5.41, 5.74) is 7.67. The van der Waals surface area contributed by atoms with Crippen molar-refractivity contribution in [2.45, 2.75) is 13.0 Å². The number of carbonyl (C=O) groups excluding carboxylic acids is 1. The molecule has 98 valence electrons. The molecule has 2 aromatic carbocycles. The Hall–Kier alpha value is -2.20. The van der Waals surface area contributed by atoms with Crippen molar-refractivity contribution in [3.8, 4) is 0 Å². The molecule has 0 aliphatic carbocycles. The van der Waals surface area contributed by atoms with Gasteiger partial charge < -0.3 is 11.1 Å². The fourth-order valence-corrected chi connectivity index (χ4v) is 1.70. The fourth-order valence-electron chi connectivity index (χ4n) is 1.70. The maximum Gasteiger partial charge on any atom is 0.255 e. The van der Waals surface area contributed by atoms with Crippen molar-refractivity contribution in [2.75, 3.05) is 5.32 Å². The molecule has 0 heterocycles. The number of hydrogen-bond donors (Lipinski definition) is 2. The summed E-state index contributed by atoms with van der Waals surface area (Å²) >= 11 is 0. The zero-order valence-electron chi connectivity index (χ0n) is 10.6. The van der Waals surface area contributed by atoms with Crippen molar-refractivity contribution in [3.05, 3.63) is 65.5 Å². The van der Waals surface area contributed by atoms with Gasteiger partial charge >= 0.3 is 0 Å². The van der Waals surface area contributed by atoms with Crippen molar-refractivity contribution in [1.29, 1.82) is 0 Å². The first-order chi connectivity index (χ1) is 9.06. The third-order valence-electron chi connectivity index (χ3n) is 2.78. The molecule has 0 aromatic heterocycles. The first-order valence-electron chi connectivity index (χ1n) is 5.99. The first kappa shape index (κ1) is 13.2. The molecule has 4 heteroatoms. The van der Waals surface area contributed by atoms with E-state index in [1.54, 1.807) is 18.2 Å². The van der Waals surface area contributed by atoms with Gasteiger partial charge in [0.25, 0.3) is 5.91 Å². The Morgan fingerprint density at radius 1 is 1.21 bits per heavy atom. The molecule has 0 bridgehead atoms. The summed E-state index contributed by atoms with van der Waals surface area (Å²) in [4.78, 5) is 11.9. The largest absolute Gasteiger partial charge is 0.324 e. The topological polar surface area (TPSA) is 55.1 Å². The number of hydrogen-bond acceptors (Lipinski definition) is 2. The second kappa shape index (κ2) is 5.63. The highest BCUT2D eigenvalue weighted by Gasteiger charge is 2.07. The van der Waals surface area contributed by atoms with Crippen molar-refractivity contribution in [1.82, 2.24) is 0 Å². The predicted molar refractivity (Wildman–Crippen MR) is 73.4 cm³/mol. The Balaban J connectivity index is 2.10. The van der Waals surface area contributed by atoms with Crippen LogP contribution in [0.3, 0.4) is 0 Å². The van der Waals surface area contributed by atoms with Crippen LogP contribution in [0.1, 0.15) is 28.9 Å². The number of carbonyl (C=O) groups is 1. The zero-order valence-corrected chi connectivity index (χ0v) is 10.6. The molecule has 1 amide bonds. The van der Waals surface area contributed by atoms with E-state index in [4.69, 9.17) is 5.73 Å². The smallest absolute Gasteiger partial charge is 0.255 e. The van der Waals surface area contributed by atoms with Crippen molar-refractivity contribution < 1.29 is 9.18 Å². The number of nitrogens with one attached hydrogen (secondary N) is 1. The lowest BCUT2D eigenvalue weighted by Crippen LogP contribution is -2.12. The Bertz CT molecular complexity index is 579. The van der Waals surface area contributed by atoms with Gasteiger partial charge in [-0.3, -0.25) is 4.79 Å². The first-order valence-corrected chi connectivity index (χ1v) is 5.99. The van der Waals surface area contributed by atoms with E-state index in [-0.39, 0.29) is 17.5 Å². The van der Waals surface area contributed by atoms with Crippen LogP contribution in [-0.4, -0.2) is 5.91 Å². The Morgan fingerprint density at radius 2 is 1.89 bits per heavy atom. The molecule has 0 aliphatic rings. The van der Waals surface area contributed by atoms with Gasteiger partial charge in [0.15, 0.2) is 0 Å². The SMILES string of the molecule is CC(N)c1ccc(NC(=O)c2cccc(F)c2)cc1. The lowest BCUT2D eigenvalue weighted by atomic mass is 10.1. The summed E-state index contributed by atoms with van der Waals surface area (Å²) in [6, 6.07) is 12.8. The van der Waals surface area contributed by atoms with Gasteiger partial charge in [0, 0.05) is 17.3 Å². The van der Waals surface area contributed by atoms with E-state index in [0.29, 0.717) is 5.69 Å². The van der Waals surface area contributed by atoms with E-state index in [0.717, 1.165) is 5.56 Å². The van der Waals surface area contributed by atoms with Crippen LogP contribution in [0.15, 0.2) is 48.5 Å². The molecule has 19 heavy (non-hydrogen) atoms. The zero-order chi connectivity index (χ0) is 13.8. The van der Waals surface area contributed by atoms with E-state index in [2.05, 4.69) is 5.32 Å². The number of amides is 1. The predicted octanol–water partition coefficient (Wildman–Crippen LogP) is 3.10. The van der Waals surface area contributed by atoms with Gasteiger partial charge in [-0.05, 0) is 42.8 Å². The summed E-state index contributed by atoms with van der Waals surface area (Å²) in [7, 11) is 0. The molecule has 0 fully saturated rings. The van der Waals surface area contributed by atoms with Crippen molar-refractivity contribution in [3.63, 3.8) is 0 Å². The van der Waals surface area contributed by atoms with E-state index in [1.165, 1.54) is 18.2 Å². The lowest BCUT2D eigenvalue weighted by Gasteiger charge is -2.08. The normalized spacial score (nSPS) is 11.9. The standard InChI is InChI=1S/C15H15FN2O/c1-10(17)11-5-7-14(8-6-11)18-15(19)12-3-2-4-13(16)9-12/h2-10H,17H2,1H3,(H,18,19). The summed E-state index contributed by atoms with van der Waals surface area (Å²) in [5.74, 6) is -0.770. The minimum absolute atomic E-state index is 0.0482. The van der Waals surface area contributed by atoms with Crippen LogP contribution in [0, 0.1) is 5.82 Å². The van der Waals surface area contributed by atoms with Crippen LogP contribution < -0.4 is 11.1 Å². The van der Waals surface area contributed by atoms with Gasteiger partial charge in [-0.25, -0.2) is 4.39 Å². The van der Waals surface area contributed by atoms with Gasteiger partial charge in [-0.15, -0.1) is 0 Å². The van der Waals surface area contributed by atoms with E-state index in [9.17, 15) is 9.18 Å². The van der Waals surface area contributed by atoms with E-state index < -0.39 is 5.82 Å². The number of benzene rings is 2. The van der Waals surface area contributed by atoms with E-state index in [1.807, 2.05) is 19.1 Å². The average Bonchev–Trinajstić information content (AvgIpc) is 2.39. The van der Waals surface area contributed by atoms with Crippen LogP contribution in [0.4, 0.5) is 10.1 Å². The maximum absolute atomic E-state index is 13.0. The third-order valence-corrected chi connectivity index (χ3v) is 2.78. The molecule has 2 rings (SSSR count). The molecule has 0 radical (unpaired) electrons. The highest BCUT2D eigenvalue weighted by molar-refractivity contribution is 6.04. The van der Waals surface area contributed by atoms with Crippen LogP contribution in [0.5, 0.6) is 0 Å². The van der Waals surface area contributed by atoms with Crippen LogP contribution in [0.2, 0.25) is 0 Å². The number of halogens is 1. The van der Waals surface area contributed by atoms with Crippen LogP contribution in [-0.2, 0) is 0 Å². The molecule has 0 aliphatic heterocycles. The van der Waals surface area contributed by atoms with Crippen molar-refractivity contribution >= 4 is 11.6 Å². The number of rotatable bonds is 3. The Morgan fingerprint density at radius 3 is 2.47 bits per heavy atom. The Kier molecular flexibility index (Phi) is 3.92. The molecular weight excluding hydrogens is 243 g/mol. The molecule has 2 aromatic rings. The van der Waals surface area contributed by atoms with Gasteiger partial charge in [-0.1, -0.05) is 18.2 Å². The molecule has 1 unspecified atom stereocenters.